The van der Waals surface area contributed by atoms with Crippen molar-refractivity contribution < 1.29 is 4.74 Å². The molecule has 0 radical (unpaired) electrons. The number of nitrogens with one attached hydrogen (secondary N) is 1. The molecule has 1 heterocycles. The maximum Gasteiger partial charge on any atom is 0.122 e. The fourth-order valence-electron chi connectivity index (χ4n) is 2.64. The second kappa shape index (κ2) is 5.94. The Balaban J connectivity index is 2.27. The first-order valence-corrected chi connectivity index (χ1v) is 7.95. The molecule has 20 heavy (non-hydrogen) atoms. The van der Waals surface area contributed by atoms with Gasteiger partial charge in [0.15, 0.2) is 0 Å². The Bertz CT molecular complexity index is 470. The molecule has 0 bridgehead atoms. The monoisotopic (exact) mass is 340 g/mol. The molecule has 1 aromatic rings. The average molecular weight is 341 g/mol. The molecule has 2 unspecified atom stereocenters. The molecule has 1 N–H and O–H groups in total. The van der Waals surface area contributed by atoms with Crippen LogP contribution in [0.4, 0.5) is 5.69 Å². The Morgan fingerprint density at radius 2 is 2.00 bits per heavy atom. The van der Waals surface area contributed by atoms with Gasteiger partial charge < -0.3 is 15.0 Å². The van der Waals surface area contributed by atoms with E-state index in [4.69, 9.17) is 4.74 Å². The van der Waals surface area contributed by atoms with Crippen LogP contribution in [-0.2, 0) is 0 Å². The number of anilines is 1. The van der Waals surface area contributed by atoms with Crippen molar-refractivity contribution in [2.45, 2.75) is 39.8 Å². The van der Waals surface area contributed by atoms with Gasteiger partial charge in [-0.15, -0.1) is 0 Å². The summed E-state index contributed by atoms with van der Waals surface area (Å²) in [5.41, 5.74) is 1.48. The molecule has 0 saturated carbocycles. The fraction of sp³-hybridized carbons (Fsp3) is 0.625. The van der Waals surface area contributed by atoms with E-state index in [0.717, 1.165) is 23.3 Å². The van der Waals surface area contributed by atoms with E-state index >= 15 is 0 Å². The Morgan fingerprint density at radius 3 is 2.60 bits per heavy atom. The molecule has 1 fully saturated rings. The third-order valence-corrected chi connectivity index (χ3v) is 4.50. The van der Waals surface area contributed by atoms with Crippen molar-refractivity contribution in [3.8, 4) is 5.75 Å². The summed E-state index contributed by atoms with van der Waals surface area (Å²) in [5, 5.41) is 3.67. The predicted octanol–water partition coefficient (Wildman–Crippen LogP) is 3.67. The van der Waals surface area contributed by atoms with Gasteiger partial charge in [-0.05, 0) is 24.5 Å². The zero-order chi connectivity index (χ0) is 14.9. The number of hydrogen-bond acceptors (Lipinski definition) is 3. The molecule has 0 amide bonds. The molecule has 0 aliphatic carbocycles. The molecule has 0 spiro atoms. The van der Waals surface area contributed by atoms with E-state index < -0.39 is 0 Å². The fourth-order valence-corrected chi connectivity index (χ4v) is 3.10. The molecule has 1 aliphatic heterocycles. The first-order chi connectivity index (χ1) is 9.31. The number of methoxy groups -OCH3 is 1. The predicted molar refractivity (Wildman–Crippen MR) is 88.7 cm³/mol. The van der Waals surface area contributed by atoms with Gasteiger partial charge in [0.1, 0.15) is 5.75 Å². The Kier molecular flexibility index (Phi) is 4.65. The minimum absolute atomic E-state index is 0.258. The summed E-state index contributed by atoms with van der Waals surface area (Å²) >= 11 is 3.57. The highest BCUT2D eigenvalue weighted by atomic mass is 79.9. The van der Waals surface area contributed by atoms with Crippen LogP contribution in [0.25, 0.3) is 0 Å². The second-order valence-corrected chi connectivity index (χ2v) is 7.59. The Morgan fingerprint density at radius 1 is 1.30 bits per heavy atom. The van der Waals surface area contributed by atoms with Crippen molar-refractivity contribution in [3.63, 3.8) is 0 Å². The van der Waals surface area contributed by atoms with Crippen molar-refractivity contribution >= 4 is 21.6 Å². The third-order valence-electron chi connectivity index (χ3n) is 4.04. The van der Waals surface area contributed by atoms with Crippen LogP contribution in [0.1, 0.15) is 27.7 Å². The maximum atomic E-state index is 5.38. The lowest BCUT2D eigenvalue weighted by molar-refractivity contribution is 0.239. The van der Waals surface area contributed by atoms with E-state index in [-0.39, 0.29) is 5.41 Å². The molecule has 3 nitrogen and oxygen atoms in total. The first-order valence-electron chi connectivity index (χ1n) is 7.16. The van der Waals surface area contributed by atoms with Gasteiger partial charge >= 0.3 is 0 Å². The molecule has 2 atom stereocenters. The molecule has 1 aliphatic rings. The summed E-state index contributed by atoms with van der Waals surface area (Å²) in [7, 11) is 1.71. The summed E-state index contributed by atoms with van der Waals surface area (Å²) in [6.07, 6.45) is 0. The summed E-state index contributed by atoms with van der Waals surface area (Å²) in [6, 6.07) is 7.25. The van der Waals surface area contributed by atoms with Crippen LogP contribution in [0, 0.1) is 5.41 Å². The van der Waals surface area contributed by atoms with E-state index in [0.29, 0.717) is 12.1 Å². The van der Waals surface area contributed by atoms with Gasteiger partial charge in [0.2, 0.25) is 0 Å². The van der Waals surface area contributed by atoms with E-state index in [1.165, 1.54) is 5.69 Å². The lowest BCUT2D eigenvalue weighted by atomic mass is 9.84. The minimum atomic E-state index is 0.258. The van der Waals surface area contributed by atoms with Crippen molar-refractivity contribution in [1.29, 1.82) is 0 Å². The topological polar surface area (TPSA) is 24.5 Å². The lowest BCUT2D eigenvalue weighted by Crippen LogP contribution is -2.59. The van der Waals surface area contributed by atoms with Crippen LogP contribution >= 0.6 is 15.9 Å². The molecule has 1 saturated heterocycles. The van der Waals surface area contributed by atoms with Crippen molar-refractivity contribution in [3.05, 3.63) is 22.7 Å². The average Bonchev–Trinajstić information content (AvgIpc) is 2.37. The number of halogens is 1. The zero-order valence-electron chi connectivity index (χ0n) is 13.0. The largest absolute Gasteiger partial charge is 0.497 e. The van der Waals surface area contributed by atoms with Gasteiger partial charge in [-0.25, -0.2) is 0 Å². The zero-order valence-corrected chi connectivity index (χ0v) is 14.6. The quantitative estimate of drug-likeness (QED) is 0.888. The normalized spacial score (nSPS) is 23.8. The standard InChI is InChI=1S/C16H25BrN2O/c1-11-9-18-15(16(2,3)4)10-19(11)13-6-12(17)7-14(8-13)20-5/h6-8,11,15,18H,9-10H2,1-5H3. The van der Waals surface area contributed by atoms with Crippen LogP contribution < -0.4 is 15.0 Å². The van der Waals surface area contributed by atoms with Crippen LogP contribution in [0.3, 0.4) is 0 Å². The highest BCUT2D eigenvalue weighted by molar-refractivity contribution is 9.10. The number of ether oxygens (including phenoxy) is 1. The lowest BCUT2D eigenvalue weighted by Gasteiger charge is -2.45. The first kappa shape index (κ1) is 15.6. The van der Waals surface area contributed by atoms with Gasteiger partial charge in [0.25, 0.3) is 0 Å². The summed E-state index contributed by atoms with van der Waals surface area (Å²) in [4.78, 5) is 2.47. The summed E-state index contributed by atoms with van der Waals surface area (Å²) < 4.78 is 6.44. The number of piperazine rings is 1. The SMILES string of the molecule is COc1cc(Br)cc(N2CC(C(C)(C)C)NCC2C)c1. The highest BCUT2D eigenvalue weighted by Crippen LogP contribution is 2.31. The van der Waals surface area contributed by atoms with Crippen LogP contribution in [0.15, 0.2) is 22.7 Å². The number of benzene rings is 1. The smallest absolute Gasteiger partial charge is 0.122 e. The van der Waals surface area contributed by atoms with Gasteiger partial charge in [-0.3, -0.25) is 0 Å². The molecule has 0 aromatic heterocycles. The second-order valence-electron chi connectivity index (χ2n) is 6.68. The van der Waals surface area contributed by atoms with E-state index in [1.807, 2.05) is 6.07 Å². The number of rotatable bonds is 2. The minimum Gasteiger partial charge on any atom is -0.497 e. The molecule has 112 valence electrons. The van der Waals surface area contributed by atoms with Crippen LogP contribution in [0.2, 0.25) is 0 Å². The van der Waals surface area contributed by atoms with Gasteiger partial charge in [-0.1, -0.05) is 36.7 Å². The highest BCUT2D eigenvalue weighted by Gasteiger charge is 2.32. The summed E-state index contributed by atoms with van der Waals surface area (Å²) in [6.45, 7) is 11.2. The molecule has 1 aromatic carbocycles. The third kappa shape index (κ3) is 3.47. The van der Waals surface area contributed by atoms with Crippen molar-refractivity contribution in [2.75, 3.05) is 25.1 Å². The van der Waals surface area contributed by atoms with E-state index in [9.17, 15) is 0 Å². The summed E-state index contributed by atoms with van der Waals surface area (Å²) in [5.74, 6) is 0.896. The molecule has 4 heteroatoms. The molecular formula is C16H25BrN2O. The Labute approximate surface area is 130 Å². The molecule has 2 rings (SSSR count). The maximum absolute atomic E-state index is 5.38. The van der Waals surface area contributed by atoms with Gasteiger partial charge in [-0.2, -0.15) is 0 Å². The van der Waals surface area contributed by atoms with Gasteiger partial charge in [0.05, 0.1) is 7.11 Å². The molecular weight excluding hydrogens is 316 g/mol. The van der Waals surface area contributed by atoms with Gasteiger partial charge in [0, 0.05) is 41.4 Å². The van der Waals surface area contributed by atoms with Crippen LogP contribution in [0.5, 0.6) is 5.75 Å². The van der Waals surface area contributed by atoms with Crippen LogP contribution in [-0.4, -0.2) is 32.3 Å². The van der Waals surface area contributed by atoms with Crippen molar-refractivity contribution in [1.82, 2.24) is 5.32 Å². The number of hydrogen-bond donors (Lipinski definition) is 1. The number of nitrogens with zero attached hydrogens (tertiary/aromatic N) is 1. The Hall–Kier alpha value is -0.740. The van der Waals surface area contributed by atoms with Crippen molar-refractivity contribution in [2.24, 2.45) is 5.41 Å². The van der Waals surface area contributed by atoms with E-state index in [1.54, 1.807) is 7.11 Å². The van der Waals surface area contributed by atoms with E-state index in [2.05, 4.69) is 66.0 Å².